The molecule has 4 rings (SSSR count). The Bertz CT molecular complexity index is 1480. The first-order chi connectivity index (χ1) is 17.3. The number of benzene rings is 3. The summed E-state index contributed by atoms with van der Waals surface area (Å²) in [6.45, 7) is 0. The van der Waals surface area contributed by atoms with Crippen molar-refractivity contribution in [2.24, 2.45) is 0 Å². The van der Waals surface area contributed by atoms with Gasteiger partial charge >= 0.3 is 12.4 Å². The molecule has 0 saturated heterocycles. The van der Waals surface area contributed by atoms with Gasteiger partial charge in [-0.15, -0.1) is 0 Å². The first-order valence-electron chi connectivity index (χ1n) is 10.6. The van der Waals surface area contributed by atoms with Crippen LogP contribution >= 0.6 is 0 Å². The molecule has 37 heavy (non-hydrogen) atoms. The number of ether oxygens (including phenoxy) is 1. The van der Waals surface area contributed by atoms with Gasteiger partial charge in [0, 0.05) is 18.1 Å². The molecule has 0 unspecified atom stereocenters. The Hall–Kier alpha value is -4.06. The zero-order chi connectivity index (χ0) is 27.2. The lowest BCUT2D eigenvalue weighted by Crippen LogP contribution is -2.53. The van der Waals surface area contributed by atoms with E-state index in [1.807, 2.05) is 0 Å². The molecular formula is C25H18F6N2O4. The molecule has 0 saturated carbocycles. The van der Waals surface area contributed by atoms with Crippen LogP contribution in [-0.4, -0.2) is 39.2 Å². The Morgan fingerprint density at radius 3 is 2.05 bits per heavy atom. The summed E-state index contributed by atoms with van der Waals surface area (Å²) in [6, 6.07) is 13.8. The first kappa shape index (κ1) is 26.0. The van der Waals surface area contributed by atoms with E-state index in [9.17, 15) is 41.4 Å². The topological polar surface area (TPSA) is 84.6 Å². The van der Waals surface area contributed by atoms with Gasteiger partial charge in [-0.25, -0.2) is 4.98 Å². The summed E-state index contributed by atoms with van der Waals surface area (Å²) in [5.41, 5.74) is -6.56. The molecule has 0 aliphatic heterocycles. The third-order valence-corrected chi connectivity index (χ3v) is 5.81. The molecule has 0 aliphatic carbocycles. The molecule has 4 aromatic rings. The van der Waals surface area contributed by atoms with Crippen LogP contribution in [0, 0.1) is 0 Å². The SMILES string of the molecule is COc1cc2c(=O)n(-c3ccc(C(O)(C(F)(F)F)C(F)(F)F)cc3)c(Cc3ccccc3)nc2cc1O. The van der Waals surface area contributed by atoms with E-state index in [-0.39, 0.29) is 40.3 Å². The second-order valence-electron chi connectivity index (χ2n) is 8.12. The predicted molar refractivity (Wildman–Crippen MR) is 121 cm³/mol. The number of aromatic nitrogens is 2. The normalized spacial score (nSPS) is 12.6. The number of halogens is 6. The molecule has 0 amide bonds. The molecule has 12 heteroatoms. The maximum absolute atomic E-state index is 13.5. The van der Waals surface area contributed by atoms with Crippen molar-refractivity contribution in [3.05, 3.63) is 94.0 Å². The van der Waals surface area contributed by atoms with Crippen molar-refractivity contribution in [1.29, 1.82) is 0 Å². The monoisotopic (exact) mass is 524 g/mol. The lowest BCUT2D eigenvalue weighted by atomic mass is 9.92. The van der Waals surface area contributed by atoms with Gasteiger partial charge in [-0.3, -0.25) is 9.36 Å². The second-order valence-corrected chi connectivity index (χ2v) is 8.12. The maximum Gasteiger partial charge on any atom is 0.430 e. The number of methoxy groups -OCH3 is 1. The molecule has 6 nitrogen and oxygen atoms in total. The molecule has 194 valence electrons. The quantitative estimate of drug-likeness (QED) is 0.359. The molecule has 0 fully saturated rings. The van der Waals surface area contributed by atoms with Crippen LogP contribution in [0.5, 0.6) is 11.5 Å². The van der Waals surface area contributed by atoms with Crippen molar-refractivity contribution >= 4 is 10.9 Å². The lowest BCUT2D eigenvalue weighted by molar-refractivity contribution is -0.376. The Labute approximate surface area is 205 Å². The van der Waals surface area contributed by atoms with Gasteiger partial charge in [0.1, 0.15) is 5.82 Å². The van der Waals surface area contributed by atoms with E-state index in [1.165, 1.54) is 19.2 Å². The molecule has 1 aromatic heterocycles. The van der Waals surface area contributed by atoms with Gasteiger partial charge in [0.15, 0.2) is 11.5 Å². The summed E-state index contributed by atoms with van der Waals surface area (Å²) in [7, 11) is 1.26. The number of phenols is 1. The summed E-state index contributed by atoms with van der Waals surface area (Å²) >= 11 is 0. The molecule has 1 heterocycles. The van der Waals surface area contributed by atoms with E-state index in [0.717, 1.165) is 16.7 Å². The molecule has 0 bridgehead atoms. The van der Waals surface area contributed by atoms with E-state index in [1.54, 1.807) is 30.3 Å². The highest BCUT2D eigenvalue weighted by Crippen LogP contribution is 2.50. The number of rotatable bonds is 5. The predicted octanol–water partition coefficient (Wildman–Crippen LogP) is 5.00. The van der Waals surface area contributed by atoms with Crippen LogP contribution in [0.4, 0.5) is 26.3 Å². The van der Waals surface area contributed by atoms with E-state index in [2.05, 4.69) is 4.98 Å². The van der Waals surface area contributed by atoms with Crippen LogP contribution in [0.3, 0.4) is 0 Å². The summed E-state index contributed by atoms with van der Waals surface area (Å²) < 4.78 is 85.8. The van der Waals surface area contributed by atoms with Crippen molar-refractivity contribution in [2.75, 3.05) is 7.11 Å². The van der Waals surface area contributed by atoms with E-state index in [4.69, 9.17) is 4.74 Å². The van der Waals surface area contributed by atoms with Crippen LogP contribution in [0.2, 0.25) is 0 Å². The van der Waals surface area contributed by atoms with Crippen molar-refractivity contribution in [3.8, 4) is 17.2 Å². The Kier molecular flexibility index (Phi) is 6.40. The average molecular weight is 524 g/mol. The number of fused-ring (bicyclic) bond motifs is 1. The van der Waals surface area contributed by atoms with Gasteiger partial charge in [-0.1, -0.05) is 42.5 Å². The Morgan fingerprint density at radius 1 is 0.919 bits per heavy atom. The fourth-order valence-electron chi connectivity index (χ4n) is 3.91. The van der Waals surface area contributed by atoms with Crippen LogP contribution in [-0.2, 0) is 12.0 Å². The number of aliphatic hydroxyl groups is 1. The molecule has 0 spiro atoms. The smallest absolute Gasteiger partial charge is 0.430 e. The molecule has 0 aliphatic rings. The molecular weight excluding hydrogens is 506 g/mol. The van der Waals surface area contributed by atoms with Crippen LogP contribution in [0.1, 0.15) is 17.0 Å². The largest absolute Gasteiger partial charge is 0.504 e. The van der Waals surface area contributed by atoms with Gasteiger partial charge in [0.05, 0.1) is 23.7 Å². The third kappa shape index (κ3) is 4.48. The highest BCUT2D eigenvalue weighted by atomic mass is 19.4. The highest BCUT2D eigenvalue weighted by molar-refractivity contribution is 5.82. The number of phenolic OH excluding ortho intramolecular Hbond substituents is 1. The van der Waals surface area contributed by atoms with Crippen LogP contribution in [0.15, 0.2) is 71.5 Å². The fourth-order valence-corrected chi connectivity index (χ4v) is 3.91. The highest BCUT2D eigenvalue weighted by Gasteiger charge is 2.71. The van der Waals surface area contributed by atoms with Crippen molar-refractivity contribution < 1.29 is 41.3 Å². The summed E-state index contributed by atoms with van der Waals surface area (Å²) in [6.07, 6.45) is -12.0. The second kappa shape index (κ2) is 9.11. The number of nitrogens with zero attached hydrogens (tertiary/aromatic N) is 2. The van der Waals surface area contributed by atoms with Crippen molar-refractivity contribution in [2.45, 2.75) is 24.4 Å². The van der Waals surface area contributed by atoms with Gasteiger partial charge in [0.2, 0.25) is 0 Å². The minimum atomic E-state index is -6.05. The Balaban J connectivity index is 1.94. The van der Waals surface area contributed by atoms with Gasteiger partial charge in [0.25, 0.3) is 11.2 Å². The standard InChI is InChI=1S/C25H18F6N2O4/c1-37-20-12-17-18(13-19(20)34)32-21(11-14-5-3-2-4-6-14)33(22(17)35)16-9-7-15(8-10-16)23(36,24(26,27)28)25(29,30)31/h2-10,12-13,34,36H,11H2,1H3. The summed E-state index contributed by atoms with van der Waals surface area (Å²) in [5, 5.41) is 19.8. The summed E-state index contributed by atoms with van der Waals surface area (Å²) in [4.78, 5) is 17.9. The molecule has 0 radical (unpaired) electrons. The van der Waals surface area contributed by atoms with Gasteiger partial charge in [-0.05, 0) is 23.8 Å². The van der Waals surface area contributed by atoms with E-state index >= 15 is 0 Å². The van der Waals surface area contributed by atoms with Crippen molar-refractivity contribution in [1.82, 2.24) is 9.55 Å². The number of hydrogen-bond donors (Lipinski definition) is 2. The number of hydrogen-bond acceptors (Lipinski definition) is 5. The third-order valence-electron chi connectivity index (χ3n) is 5.81. The summed E-state index contributed by atoms with van der Waals surface area (Å²) in [5.74, 6) is -0.222. The van der Waals surface area contributed by atoms with Gasteiger partial charge in [-0.2, -0.15) is 26.3 Å². The van der Waals surface area contributed by atoms with Crippen LogP contribution in [0.25, 0.3) is 16.6 Å². The minimum Gasteiger partial charge on any atom is -0.504 e. The molecule has 2 N–H and O–H groups in total. The van der Waals surface area contributed by atoms with E-state index in [0.29, 0.717) is 17.7 Å². The average Bonchev–Trinajstić information content (AvgIpc) is 2.83. The molecule has 0 atom stereocenters. The number of aromatic hydroxyl groups is 1. The maximum atomic E-state index is 13.5. The van der Waals surface area contributed by atoms with Crippen molar-refractivity contribution in [3.63, 3.8) is 0 Å². The van der Waals surface area contributed by atoms with Crippen LogP contribution < -0.4 is 10.3 Å². The molecule has 3 aromatic carbocycles. The zero-order valence-electron chi connectivity index (χ0n) is 18.9. The minimum absolute atomic E-state index is 0.0161. The zero-order valence-corrected chi connectivity index (χ0v) is 18.9. The van der Waals surface area contributed by atoms with E-state index < -0.39 is 29.1 Å². The lowest BCUT2D eigenvalue weighted by Gasteiger charge is -2.32. The fraction of sp³-hybridized carbons (Fsp3) is 0.200. The Morgan fingerprint density at radius 2 is 1.51 bits per heavy atom. The first-order valence-corrected chi connectivity index (χ1v) is 10.6. The van der Waals surface area contributed by atoms with Gasteiger partial charge < -0.3 is 14.9 Å². The number of alkyl halides is 6.